The van der Waals surface area contributed by atoms with E-state index >= 15 is 0 Å². The summed E-state index contributed by atoms with van der Waals surface area (Å²) in [5.74, 6) is -1.50. The third kappa shape index (κ3) is 3.43. The van der Waals surface area contributed by atoms with Crippen LogP contribution in [-0.4, -0.2) is 43.4 Å². The number of rotatable bonds is 5. The Labute approximate surface area is 95.8 Å². The largest absolute Gasteiger partial charge is 0.481 e. The van der Waals surface area contributed by atoms with Crippen molar-refractivity contribution in [2.75, 3.05) is 19.6 Å². The summed E-state index contributed by atoms with van der Waals surface area (Å²) in [5.41, 5.74) is 0. The molecule has 2 N–H and O–H groups in total. The predicted octanol–water partition coefficient (Wildman–Crippen LogP) is 0.0274. The monoisotopic (exact) mass is 250 g/mol. The Kier molecular flexibility index (Phi) is 4.69. The van der Waals surface area contributed by atoms with Gasteiger partial charge in [-0.1, -0.05) is 6.92 Å². The van der Waals surface area contributed by atoms with Gasteiger partial charge in [0.05, 0.1) is 5.92 Å². The lowest BCUT2D eigenvalue weighted by Crippen LogP contribution is -2.47. The van der Waals surface area contributed by atoms with Crippen LogP contribution in [0.2, 0.25) is 0 Å². The molecule has 1 aliphatic heterocycles. The van der Waals surface area contributed by atoms with Crippen molar-refractivity contribution in [2.45, 2.75) is 26.2 Å². The molecule has 0 spiro atoms. The van der Waals surface area contributed by atoms with Gasteiger partial charge in [0.25, 0.3) is 10.2 Å². The van der Waals surface area contributed by atoms with Crippen molar-refractivity contribution >= 4 is 16.2 Å². The highest BCUT2D eigenvalue weighted by molar-refractivity contribution is 7.87. The highest BCUT2D eigenvalue weighted by atomic mass is 32.2. The Bertz CT molecular complexity index is 341. The van der Waals surface area contributed by atoms with Crippen LogP contribution >= 0.6 is 0 Å². The van der Waals surface area contributed by atoms with Crippen LogP contribution in [0.3, 0.4) is 0 Å². The molecule has 1 aliphatic rings. The molecule has 1 fully saturated rings. The molecule has 0 saturated carbocycles. The summed E-state index contributed by atoms with van der Waals surface area (Å²) in [6.07, 6.45) is 1.87. The van der Waals surface area contributed by atoms with Gasteiger partial charge >= 0.3 is 5.97 Å². The minimum atomic E-state index is -3.49. The van der Waals surface area contributed by atoms with Gasteiger partial charge in [0, 0.05) is 19.6 Å². The highest BCUT2D eigenvalue weighted by Gasteiger charge is 2.31. The van der Waals surface area contributed by atoms with Crippen molar-refractivity contribution in [3.8, 4) is 0 Å². The molecule has 0 unspecified atom stereocenters. The van der Waals surface area contributed by atoms with Gasteiger partial charge in [0.1, 0.15) is 0 Å². The molecule has 0 amide bonds. The molecule has 0 aromatic rings. The van der Waals surface area contributed by atoms with Gasteiger partial charge in [-0.2, -0.15) is 12.7 Å². The van der Waals surface area contributed by atoms with E-state index in [4.69, 9.17) is 5.11 Å². The second-order valence-electron chi connectivity index (χ2n) is 3.93. The average molecular weight is 250 g/mol. The number of hydrogen-bond acceptors (Lipinski definition) is 3. The fraction of sp³-hybridized carbons (Fsp3) is 0.889. The first-order valence-corrected chi connectivity index (χ1v) is 6.89. The smallest absolute Gasteiger partial charge is 0.307 e. The highest BCUT2D eigenvalue weighted by Crippen LogP contribution is 2.18. The molecule has 0 aliphatic carbocycles. The molecule has 1 rings (SSSR count). The summed E-state index contributed by atoms with van der Waals surface area (Å²) in [7, 11) is -3.49. The van der Waals surface area contributed by atoms with Gasteiger partial charge < -0.3 is 5.11 Å². The molecular formula is C9H18N2O4S. The van der Waals surface area contributed by atoms with Gasteiger partial charge in [0.2, 0.25) is 0 Å². The molecule has 94 valence electrons. The molecule has 7 heteroatoms. The normalized spacial score (nSPS) is 23.2. The second kappa shape index (κ2) is 5.60. The predicted molar refractivity (Wildman–Crippen MR) is 59.1 cm³/mol. The maximum absolute atomic E-state index is 11.7. The van der Waals surface area contributed by atoms with Gasteiger partial charge in [0.15, 0.2) is 0 Å². The summed E-state index contributed by atoms with van der Waals surface area (Å²) in [4.78, 5) is 10.8. The Morgan fingerprint density at radius 1 is 1.56 bits per heavy atom. The minimum absolute atomic E-state index is 0.0778. The van der Waals surface area contributed by atoms with E-state index in [0.29, 0.717) is 25.9 Å². The molecule has 1 atom stereocenters. The summed E-state index contributed by atoms with van der Waals surface area (Å²) in [6, 6.07) is 0. The third-order valence-corrected chi connectivity index (χ3v) is 4.19. The summed E-state index contributed by atoms with van der Waals surface area (Å²) in [5, 5.41) is 8.86. The van der Waals surface area contributed by atoms with E-state index in [1.807, 2.05) is 6.92 Å². The van der Waals surface area contributed by atoms with Crippen LogP contribution in [0.1, 0.15) is 26.2 Å². The van der Waals surface area contributed by atoms with Crippen molar-refractivity contribution < 1.29 is 18.3 Å². The number of aliphatic carboxylic acids is 1. The number of carboxylic acid groups (broad SMARTS) is 1. The maximum Gasteiger partial charge on any atom is 0.307 e. The van der Waals surface area contributed by atoms with E-state index < -0.39 is 22.1 Å². The molecule has 1 saturated heterocycles. The Hall–Kier alpha value is -0.660. The lowest BCUT2D eigenvalue weighted by atomic mass is 10.0. The Balaban J connectivity index is 2.62. The van der Waals surface area contributed by atoms with Crippen LogP contribution in [-0.2, 0) is 15.0 Å². The standard InChI is InChI=1S/C9H18N2O4S/c1-2-5-10-16(14,15)11-6-3-4-8(7-11)9(12)13/h8,10H,2-7H2,1H3,(H,12,13)/t8-/m0/s1. The lowest BCUT2D eigenvalue weighted by molar-refractivity contribution is -0.142. The van der Waals surface area contributed by atoms with Crippen molar-refractivity contribution in [1.82, 2.24) is 9.03 Å². The zero-order chi connectivity index (χ0) is 12.2. The molecule has 0 radical (unpaired) electrons. The van der Waals surface area contributed by atoms with Gasteiger partial charge in [-0.25, -0.2) is 4.72 Å². The fourth-order valence-electron chi connectivity index (χ4n) is 1.68. The van der Waals surface area contributed by atoms with Gasteiger partial charge in [-0.05, 0) is 19.3 Å². The van der Waals surface area contributed by atoms with E-state index in [0.717, 1.165) is 6.42 Å². The van der Waals surface area contributed by atoms with Crippen molar-refractivity contribution in [1.29, 1.82) is 0 Å². The second-order valence-corrected chi connectivity index (χ2v) is 5.69. The molecule has 0 bridgehead atoms. The maximum atomic E-state index is 11.7. The molecule has 0 aromatic carbocycles. The SMILES string of the molecule is CCCNS(=O)(=O)N1CCC[C@H](C(=O)O)C1. The summed E-state index contributed by atoms with van der Waals surface area (Å²) < 4.78 is 27.1. The third-order valence-electron chi connectivity index (χ3n) is 2.61. The lowest BCUT2D eigenvalue weighted by Gasteiger charge is -2.29. The molecule has 16 heavy (non-hydrogen) atoms. The van der Waals surface area contributed by atoms with Crippen LogP contribution in [0.5, 0.6) is 0 Å². The minimum Gasteiger partial charge on any atom is -0.481 e. The van der Waals surface area contributed by atoms with Gasteiger partial charge in [-0.15, -0.1) is 0 Å². The number of carboxylic acids is 1. The van der Waals surface area contributed by atoms with E-state index in [9.17, 15) is 13.2 Å². The van der Waals surface area contributed by atoms with E-state index in [1.165, 1.54) is 4.31 Å². The molecular weight excluding hydrogens is 232 g/mol. The number of hydrogen-bond donors (Lipinski definition) is 2. The quantitative estimate of drug-likeness (QED) is 0.720. The number of nitrogens with zero attached hydrogens (tertiary/aromatic N) is 1. The number of piperidine rings is 1. The van der Waals surface area contributed by atoms with E-state index in [-0.39, 0.29) is 6.54 Å². The molecule has 6 nitrogen and oxygen atoms in total. The van der Waals surface area contributed by atoms with Crippen molar-refractivity contribution in [3.63, 3.8) is 0 Å². The van der Waals surface area contributed by atoms with E-state index in [2.05, 4.69) is 4.72 Å². The number of carbonyl (C=O) groups is 1. The first-order valence-electron chi connectivity index (χ1n) is 5.45. The van der Waals surface area contributed by atoms with Crippen molar-refractivity contribution in [2.24, 2.45) is 5.92 Å². The summed E-state index contributed by atoms with van der Waals surface area (Å²) >= 11 is 0. The van der Waals surface area contributed by atoms with Crippen LogP contribution in [0.4, 0.5) is 0 Å². The van der Waals surface area contributed by atoms with Crippen LogP contribution in [0, 0.1) is 5.92 Å². The van der Waals surface area contributed by atoms with Crippen LogP contribution in [0.25, 0.3) is 0 Å². The molecule has 1 heterocycles. The zero-order valence-electron chi connectivity index (χ0n) is 9.35. The van der Waals surface area contributed by atoms with Crippen LogP contribution in [0.15, 0.2) is 0 Å². The first-order chi connectivity index (χ1) is 7.47. The summed E-state index contributed by atoms with van der Waals surface area (Å²) in [6.45, 7) is 2.74. The topological polar surface area (TPSA) is 86.7 Å². The van der Waals surface area contributed by atoms with Gasteiger partial charge in [-0.3, -0.25) is 4.79 Å². The van der Waals surface area contributed by atoms with Crippen LogP contribution < -0.4 is 4.72 Å². The molecule has 0 aromatic heterocycles. The fourth-order valence-corrected chi connectivity index (χ4v) is 3.07. The number of nitrogens with one attached hydrogen (secondary N) is 1. The Morgan fingerprint density at radius 2 is 2.25 bits per heavy atom. The average Bonchev–Trinajstić information content (AvgIpc) is 2.26. The van der Waals surface area contributed by atoms with E-state index in [1.54, 1.807) is 0 Å². The first kappa shape index (κ1) is 13.4. The zero-order valence-corrected chi connectivity index (χ0v) is 10.2. The Morgan fingerprint density at radius 3 is 2.81 bits per heavy atom. The van der Waals surface area contributed by atoms with Crippen molar-refractivity contribution in [3.05, 3.63) is 0 Å².